The van der Waals surface area contributed by atoms with E-state index in [-0.39, 0.29) is 18.0 Å². The van der Waals surface area contributed by atoms with Crippen LogP contribution in [0.4, 0.5) is 11.4 Å². The predicted octanol–water partition coefficient (Wildman–Crippen LogP) is 1.22. The second-order valence-corrected chi connectivity index (χ2v) is 3.28. The highest BCUT2D eigenvalue weighted by Gasteiger charge is 2.14. The van der Waals surface area contributed by atoms with Gasteiger partial charge in [-0.15, -0.1) is 0 Å². The van der Waals surface area contributed by atoms with E-state index in [0.717, 1.165) is 5.56 Å². The Balaban J connectivity index is 3.21. The number of nitro groups is 1. The van der Waals surface area contributed by atoms with Crippen LogP contribution < -0.4 is 5.73 Å². The van der Waals surface area contributed by atoms with Gasteiger partial charge < -0.3 is 10.8 Å². The third kappa shape index (κ3) is 2.72. The number of hydrogen-bond donors (Lipinski definition) is 2. The normalized spacial score (nSPS) is 9.38. The molecule has 0 saturated heterocycles. The van der Waals surface area contributed by atoms with Gasteiger partial charge in [-0.1, -0.05) is 11.8 Å². The van der Waals surface area contributed by atoms with Gasteiger partial charge in [-0.05, 0) is 18.6 Å². The van der Waals surface area contributed by atoms with Crippen molar-refractivity contribution in [3.63, 3.8) is 0 Å². The molecular weight excluding hydrogens is 208 g/mol. The molecule has 0 saturated carbocycles. The molecule has 16 heavy (non-hydrogen) atoms. The molecule has 5 nitrogen and oxygen atoms in total. The lowest BCUT2D eigenvalue weighted by Gasteiger charge is -2.01. The van der Waals surface area contributed by atoms with Crippen LogP contribution in [0.15, 0.2) is 12.1 Å². The predicted molar refractivity (Wildman–Crippen MR) is 60.8 cm³/mol. The molecule has 0 fully saturated rings. The molecule has 84 valence electrons. The van der Waals surface area contributed by atoms with E-state index in [2.05, 4.69) is 11.8 Å². The maximum Gasteiger partial charge on any atom is 0.293 e. The Morgan fingerprint density at radius 3 is 2.81 bits per heavy atom. The fourth-order valence-electron chi connectivity index (χ4n) is 1.25. The van der Waals surface area contributed by atoms with Crippen molar-refractivity contribution >= 4 is 11.4 Å². The summed E-state index contributed by atoms with van der Waals surface area (Å²) in [5.74, 6) is 5.39. The van der Waals surface area contributed by atoms with Crippen molar-refractivity contribution in [1.29, 1.82) is 0 Å². The number of hydrogen-bond acceptors (Lipinski definition) is 4. The maximum atomic E-state index is 10.7. The Bertz CT molecular complexity index is 472. The van der Waals surface area contributed by atoms with Crippen molar-refractivity contribution in [1.82, 2.24) is 0 Å². The van der Waals surface area contributed by atoms with Crippen LogP contribution in [-0.4, -0.2) is 16.6 Å². The lowest BCUT2D eigenvalue weighted by Crippen LogP contribution is -1.99. The Labute approximate surface area is 93.0 Å². The lowest BCUT2D eigenvalue weighted by atomic mass is 10.1. The number of anilines is 1. The van der Waals surface area contributed by atoms with E-state index in [1.165, 1.54) is 6.07 Å². The Morgan fingerprint density at radius 2 is 2.25 bits per heavy atom. The van der Waals surface area contributed by atoms with E-state index in [9.17, 15) is 10.1 Å². The molecule has 0 aliphatic carbocycles. The number of benzene rings is 1. The number of nitrogens with two attached hydrogens (primary N) is 1. The summed E-state index contributed by atoms with van der Waals surface area (Å²) in [7, 11) is 0. The fourth-order valence-corrected chi connectivity index (χ4v) is 1.25. The smallest absolute Gasteiger partial charge is 0.293 e. The van der Waals surface area contributed by atoms with Crippen molar-refractivity contribution in [2.45, 2.75) is 13.3 Å². The highest BCUT2D eigenvalue weighted by Crippen LogP contribution is 2.26. The van der Waals surface area contributed by atoms with Crippen LogP contribution in [0.2, 0.25) is 0 Å². The first-order valence-corrected chi connectivity index (χ1v) is 4.70. The van der Waals surface area contributed by atoms with E-state index in [0.29, 0.717) is 12.0 Å². The molecule has 3 N–H and O–H groups in total. The van der Waals surface area contributed by atoms with Gasteiger partial charge in [0.15, 0.2) is 0 Å². The molecule has 0 amide bonds. The van der Waals surface area contributed by atoms with Gasteiger partial charge in [0.1, 0.15) is 5.69 Å². The van der Waals surface area contributed by atoms with Crippen LogP contribution >= 0.6 is 0 Å². The number of aryl methyl sites for hydroxylation is 1. The minimum Gasteiger partial charge on any atom is -0.395 e. The van der Waals surface area contributed by atoms with Gasteiger partial charge in [0.25, 0.3) is 5.69 Å². The first kappa shape index (κ1) is 12.0. The first-order valence-electron chi connectivity index (χ1n) is 4.70. The number of nitro benzene ring substituents is 1. The summed E-state index contributed by atoms with van der Waals surface area (Å²) in [6.45, 7) is 1.70. The minimum absolute atomic E-state index is 0.0409. The highest BCUT2D eigenvalue weighted by atomic mass is 16.6. The van der Waals surface area contributed by atoms with Crippen LogP contribution in [0.25, 0.3) is 0 Å². The standard InChI is InChI=1S/C11H12N2O3/c1-8-6-9(4-2-3-5-14)11(12)10(7-8)13(15)16/h6-7,14H,3,5,12H2,1H3. The second kappa shape index (κ2) is 5.14. The summed E-state index contributed by atoms with van der Waals surface area (Å²) in [6.07, 6.45) is 0.321. The quantitative estimate of drug-likeness (QED) is 0.339. The topological polar surface area (TPSA) is 89.4 Å². The van der Waals surface area contributed by atoms with E-state index in [1.807, 2.05) is 0 Å². The van der Waals surface area contributed by atoms with Crippen molar-refractivity contribution in [3.05, 3.63) is 33.4 Å². The van der Waals surface area contributed by atoms with Crippen molar-refractivity contribution < 1.29 is 10.0 Å². The van der Waals surface area contributed by atoms with E-state index >= 15 is 0 Å². The largest absolute Gasteiger partial charge is 0.395 e. The van der Waals surface area contributed by atoms with Crippen molar-refractivity contribution in [2.75, 3.05) is 12.3 Å². The van der Waals surface area contributed by atoms with Crippen LogP contribution in [-0.2, 0) is 0 Å². The minimum atomic E-state index is -0.528. The molecule has 1 aromatic rings. The third-order valence-corrected chi connectivity index (χ3v) is 1.96. The average molecular weight is 220 g/mol. The van der Waals surface area contributed by atoms with Gasteiger partial charge in [-0.3, -0.25) is 10.1 Å². The summed E-state index contributed by atoms with van der Waals surface area (Å²) in [5.41, 5.74) is 6.73. The molecule has 0 atom stereocenters. The average Bonchev–Trinajstić information content (AvgIpc) is 2.22. The fraction of sp³-hybridized carbons (Fsp3) is 0.273. The Morgan fingerprint density at radius 1 is 1.56 bits per heavy atom. The van der Waals surface area contributed by atoms with Gasteiger partial charge in [-0.25, -0.2) is 0 Å². The van der Waals surface area contributed by atoms with Crippen molar-refractivity contribution in [3.8, 4) is 11.8 Å². The number of nitrogen functional groups attached to an aromatic ring is 1. The molecule has 0 heterocycles. The molecular formula is C11H12N2O3. The molecule has 1 rings (SSSR count). The zero-order valence-electron chi connectivity index (χ0n) is 8.86. The zero-order chi connectivity index (χ0) is 12.1. The first-order chi connectivity index (χ1) is 7.56. The summed E-state index contributed by atoms with van der Waals surface area (Å²) >= 11 is 0. The van der Waals surface area contributed by atoms with Crippen molar-refractivity contribution in [2.24, 2.45) is 0 Å². The van der Waals surface area contributed by atoms with Crippen LogP contribution in [0.5, 0.6) is 0 Å². The summed E-state index contributed by atoms with van der Waals surface area (Å²) in [4.78, 5) is 10.2. The second-order valence-electron chi connectivity index (χ2n) is 3.28. The van der Waals surface area contributed by atoms with E-state index < -0.39 is 4.92 Å². The van der Waals surface area contributed by atoms with Gasteiger partial charge in [-0.2, -0.15) is 0 Å². The van der Waals surface area contributed by atoms with Crippen LogP contribution in [0.3, 0.4) is 0 Å². The molecule has 0 aliphatic heterocycles. The van der Waals surface area contributed by atoms with E-state index in [4.69, 9.17) is 10.8 Å². The number of rotatable bonds is 2. The highest BCUT2D eigenvalue weighted by molar-refractivity contribution is 5.69. The Hall–Kier alpha value is -2.06. The summed E-state index contributed by atoms with van der Waals surface area (Å²) in [5, 5.41) is 19.3. The number of nitrogens with zero attached hydrogens (tertiary/aromatic N) is 1. The molecule has 1 aromatic carbocycles. The molecule has 0 radical (unpaired) electrons. The lowest BCUT2D eigenvalue weighted by molar-refractivity contribution is -0.383. The molecule has 0 aromatic heterocycles. The number of aliphatic hydroxyl groups is 1. The number of aliphatic hydroxyl groups excluding tert-OH is 1. The summed E-state index contributed by atoms with van der Waals surface area (Å²) < 4.78 is 0. The molecule has 0 unspecified atom stereocenters. The SMILES string of the molecule is Cc1cc(C#CCCO)c(N)c([N+](=O)[O-])c1. The van der Waals surface area contributed by atoms with E-state index in [1.54, 1.807) is 13.0 Å². The van der Waals surface area contributed by atoms with Crippen LogP contribution in [0, 0.1) is 28.9 Å². The molecule has 0 aliphatic rings. The van der Waals surface area contributed by atoms with Gasteiger partial charge in [0.05, 0.1) is 17.1 Å². The van der Waals surface area contributed by atoms with Gasteiger partial charge >= 0.3 is 0 Å². The monoisotopic (exact) mass is 220 g/mol. The summed E-state index contributed by atoms with van der Waals surface area (Å²) in [6, 6.07) is 3.10. The third-order valence-electron chi connectivity index (χ3n) is 1.96. The zero-order valence-corrected chi connectivity index (χ0v) is 8.86. The molecule has 0 spiro atoms. The van der Waals surface area contributed by atoms with Gasteiger partial charge in [0.2, 0.25) is 0 Å². The van der Waals surface area contributed by atoms with Crippen LogP contribution in [0.1, 0.15) is 17.5 Å². The molecule has 5 heteroatoms. The maximum absolute atomic E-state index is 10.7. The Kier molecular flexibility index (Phi) is 3.86. The van der Waals surface area contributed by atoms with Gasteiger partial charge in [0, 0.05) is 12.5 Å². The molecule has 0 bridgehead atoms.